The molecule has 26 heavy (non-hydrogen) atoms. The van der Waals surface area contributed by atoms with Crippen LogP contribution in [0.25, 0.3) is 16.6 Å². The second-order valence-electron chi connectivity index (χ2n) is 5.75. The fraction of sp³-hybridized carbons (Fsp3) is 0.353. The van der Waals surface area contributed by atoms with Crippen molar-refractivity contribution in [1.82, 2.24) is 30.2 Å². The number of imide groups is 1. The number of aromatic nitrogens is 4. The Kier molecular flexibility index (Phi) is 5.67. The van der Waals surface area contributed by atoms with Gasteiger partial charge in [0.25, 0.3) is 0 Å². The molecule has 0 aliphatic carbocycles. The molecule has 0 atom stereocenters. The summed E-state index contributed by atoms with van der Waals surface area (Å²) in [5.74, 6) is 0.300. The third-order valence-corrected chi connectivity index (χ3v) is 4.59. The number of nitrogens with zero attached hydrogens (tertiary/aromatic N) is 4. The van der Waals surface area contributed by atoms with E-state index >= 15 is 0 Å². The van der Waals surface area contributed by atoms with Gasteiger partial charge in [-0.1, -0.05) is 37.2 Å². The van der Waals surface area contributed by atoms with Crippen LogP contribution in [0.5, 0.6) is 0 Å². The van der Waals surface area contributed by atoms with Crippen LogP contribution in [0.4, 0.5) is 4.79 Å². The number of carbonyl (C=O) groups is 2. The molecule has 0 spiro atoms. The Morgan fingerprint density at radius 3 is 2.85 bits per heavy atom. The van der Waals surface area contributed by atoms with E-state index in [2.05, 4.69) is 25.7 Å². The standard InChI is InChI=1S/C17H20N6O2S/c1-3-4-9-18-16(25)21-14(24)10-26-17-20-13-8-6-5-7-12(13)15-19-11(2)22-23(15)17/h5-8H,3-4,9-10H2,1-2H3,(H2,18,21,24,25). The van der Waals surface area contributed by atoms with Gasteiger partial charge in [-0.05, 0) is 25.5 Å². The zero-order chi connectivity index (χ0) is 18.5. The molecular formula is C17H20N6O2S. The largest absolute Gasteiger partial charge is 0.338 e. The van der Waals surface area contributed by atoms with Gasteiger partial charge >= 0.3 is 6.03 Å². The quantitative estimate of drug-likeness (QED) is 0.391. The molecule has 0 unspecified atom stereocenters. The van der Waals surface area contributed by atoms with Crippen molar-refractivity contribution in [1.29, 1.82) is 0 Å². The Bertz CT molecular complexity index is 955. The smallest absolute Gasteiger partial charge is 0.321 e. The summed E-state index contributed by atoms with van der Waals surface area (Å²) in [6.07, 6.45) is 1.85. The highest BCUT2D eigenvalue weighted by molar-refractivity contribution is 7.99. The van der Waals surface area contributed by atoms with Crippen molar-refractivity contribution in [2.75, 3.05) is 12.3 Å². The molecule has 0 radical (unpaired) electrons. The lowest BCUT2D eigenvalue weighted by molar-refractivity contribution is -0.117. The number of fused-ring (bicyclic) bond motifs is 3. The van der Waals surface area contributed by atoms with Gasteiger partial charge in [-0.3, -0.25) is 10.1 Å². The van der Waals surface area contributed by atoms with Crippen molar-refractivity contribution in [2.45, 2.75) is 31.8 Å². The number of benzene rings is 1. The van der Waals surface area contributed by atoms with Gasteiger partial charge < -0.3 is 5.32 Å². The fourth-order valence-corrected chi connectivity index (χ4v) is 3.19. The molecule has 2 heterocycles. The van der Waals surface area contributed by atoms with Gasteiger partial charge in [0.05, 0.1) is 11.3 Å². The SMILES string of the molecule is CCCCNC(=O)NC(=O)CSc1nc2ccccc2c2nc(C)nn12. The number of urea groups is 1. The van der Waals surface area contributed by atoms with E-state index in [0.717, 1.165) is 23.7 Å². The molecule has 0 aliphatic heterocycles. The molecule has 0 saturated heterocycles. The Hall–Kier alpha value is -2.68. The minimum Gasteiger partial charge on any atom is -0.338 e. The van der Waals surface area contributed by atoms with E-state index in [4.69, 9.17) is 0 Å². The third-order valence-electron chi connectivity index (χ3n) is 3.66. The lowest BCUT2D eigenvalue weighted by Gasteiger charge is -2.07. The molecule has 8 nitrogen and oxygen atoms in total. The highest BCUT2D eigenvalue weighted by Gasteiger charge is 2.14. The van der Waals surface area contributed by atoms with E-state index < -0.39 is 6.03 Å². The van der Waals surface area contributed by atoms with E-state index in [9.17, 15) is 9.59 Å². The predicted molar refractivity (Wildman–Crippen MR) is 100 cm³/mol. The van der Waals surface area contributed by atoms with Crippen LogP contribution in [0.15, 0.2) is 29.4 Å². The van der Waals surface area contributed by atoms with Crippen LogP contribution in [0.1, 0.15) is 25.6 Å². The number of para-hydroxylation sites is 1. The second kappa shape index (κ2) is 8.13. The molecule has 9 heteroatoms. The molecule has 0 saturated carbocycles. The maximum absolute atomic E-state index is 12.0. The zero-order valence-electron chi connectivity index (χ0n) is 14.7. The average molecular weight is 372 g/mol. The summed E-state index contributed by atoms with van der Waals surface area (Å²) < 4.78 is 1.64. The molecule has 3 amide bonds. The van der Waals surface area contributed by atoms with E-state index in [1.165, 1.54) is 11.8 Å². The molecular weight excluding hydrogens is 352 g/mol. The topological polar surface area (TPSA) is 101 Å². The Labute approximate surface area is 154 Å². The van der Waals surface area contributed by atoms with Gasteiger partial charge in [-0.25, -0.2) is 14.8 Å². The lowest BCUT2D eigenvalue weighted by Crippen LogP contribution is -2.40. The number of aryl methyl sites for hydroxylation is 1. The predicted octanol–water partition coefficient (Wildman–Crippen LogP) is 2.30. The number of thioether (sulfide) groups is 1. The van der Waals surface area contributed by atoms with Crippen molar-refractivity contribution >= 4 is 40.3 Å². The van der Waals surface area contributed by atoms with Crippen LogP contribution < -0.4 is 10.6 Å². The molecule has 3 aromatic rings. The first-order valence-corrected chi connectivity index (χ1v) is 9.39. The zero-order valence-corrected chi connectivity index (χ0v) is 15.5. The van der Waals surface area contributed by atoms with Gasteiger partial charge in [-0.15, -0.1) is 5.10 Å². The normalized spacial score (nSPS) is 11.0. The Morgan fingerprint density at radius 2 is 2.04 bits per heavy atom. The van der Waals surface area contributed by atoms with Crippen LogP contribution in [-0.4, -0.2) is 43.8 Å². The van der Waals surface area contributed by atoms with Crippen molar-refractivity contribution in [2.24, 2.45) is 0 Å². The summed E-state index contributed by atoms with van der Waals surface area (Å²) in [5, 5.41) is 10.8. The van der Waals surface area contributed by atoms with Gasteiger partial charge in [0, 0.05) is 11.9 Å². The van der Waals surface area contributed by atoms with Crippen LogP contribution in [0.2, 0.25) is 0 Å². The van der Waals surface area contributed by atoms with Gasteiger partial charge in [0.2, 0.25) is 5.91 Å². The fourth-order valence-electron chi connectivity index (χ4n) is 2.44. The van der Waals surface area contributed by atoms with Crippen LogP contribution in [0.3, 0.4) is 0 Å². The number of amides is 3. The van der Waals surface area contributed by atoms with Gasteiger partial charge in [0.1, 0.15) is 5.82 Å². The van der Waals surface area contributed by atoms with Crippen LogP contribution >= 0.6 is 11.8 Å². The average Bonchev–Trinajstić information content (AvgIpc) is 3.02. The minimum atomic E-state index is -0.475. The van der Waals surface area contributed by atoms with E-state index in [1.54, 1.807) is 4.52 Å². The van der Waals surface area contributed by atoms with E-state index in [1.807, 2.05) is 38.1 Å². The first kappa shape index (κ1) is 18.1. The first-order chi connectivity index (χ1) is 12.6. The Balaban J connectivity index is 1.72. The summed E-state index contributed by atoms with van der Waals surface area (Å²) in [6, 6.07) is 7.18. The molecule has 2 N–H and O–H groups in total. The monoisotopic (exact) mass is 372 g/mol. The molecule has 2 aromatic heterocycles. The summed E-state index contributed by atoms with van der Waals surface area (Å²) >= 11 is 1.21. The number of unbranched alkanes of at least 4 members (excludes halogenated alkanes) is 1. The molecule has 0 aliphatic rings. The number of hydrogen-bond donors (Lipinski definition) is 2. The third kappa shape index (κ3) is 4.10. The van der Waals surface area contributed by atoms with Crippen LogP contribution in [-0.2, 0) is 4.79 Å². The second-order valence-corrected chi connectivity index (χ2v) is 6.69. The lowest BCUT2D eigenvalue weighted by atomic mass is 10.2. The maximum atomic E-state index is 12.0. The maximum Gasteiger partial charge on any atom is 0.321 e. The molecule has 3 rings (SSSR count). The number of carbonyl (C=O) groups excluding carboxylic acids is 2. The molecule has 136 valence electrons. The summed E-state index contributed by atoms with van der Waals surface area (Å²) in [6.45, 7) is 4.39. The molecule has 0 fully saturated rings. The minimum absolute atomic E-state index is 0.0561. The summed E-state index contributed by atoms with van der Waals surface area (Å²) in [7, 11) is 0. The van der Waals surface area contributed by atoms with Crippen LogP contribution in [0, 0.1) is 6.92 Å². The van der Waals surface area contributed by atoms with Crippen molar-refractivity contribution in [3.05, 3.63) is 30.1 Å². The molecule has 1 aromatic carbocycles. The molecule has 0 bridgehead atoms. The summed E-state index contributed by atoms with van der Waals surface area (Å²) in [5.41, 5.74) is 1.49. The number of nitrogens with one attached hydrogen (secondary N) is 2. The number of hydrogen-bond acceptors (Lipinski definition) is 6. The van der Waals surface area contributed by atoms with Crippen molar-refractivity contribution < 1.29 is 9.59 Å². The van der Waals surface area contributed by atoms with Crippen molar-refractivity contribution in [3.8, 4) is 0 Å². The highest BCUT2D eigenvalue weighted by Crippen LogP contribution is 2.23. The first-order valence-electron chi connectivity index (χ1n) is 8.41. The highest BCUT2D eigenvalue weighted by atomic mass is 32.2. The van der Waals surface area contributed by atoms with Gasteiger partial charge in [-0.2, -0.15) is 4.52 Å². The van der Waals surface area contributed by atoms with Gasteiger partial charge in [0.15, 0.2) is 10.8 Å². The summed E-state index contributed by atoms with van der Waals surface area (Å²) in [4.78, 5) is 32.7. The Morgan fingerprint density at radius 1 is 1.23 bits per heavy atom. The van der Waals surface area contributed by atoms with Crippen molar-refractivity contribution in [3.63, 3.8) is 0 Å². The number of rotatable bonds is 6. The van der Waals surface area contributed by atoms with E-state index in [-0.39, 0.29) is 11.7 Å². The van der Waals surface area contributed by atoms with E-state index in [0.29, 0.717) is 23.2 Å².